The summed E-state index contributed by atoms with van der Waals surface area (Å²) in [5.74, 6) is -5.83. The minimum Gasteiger partial charge on any atom is -0.444 e. The molecule has 2 fully saturated rings. The first-order valence-electron chi connectivity index (χ1n) is 9.42. The Balaban J connectivity index is 1.55. The summed E-state index contributed by atoms with van der Waals surface area (Å²) < 4.78 is 33.2. The number of hydrogen-bond acceptors (Lipinski definition) is 6. The fraction of sp³-hybridized carbons (Fsp3) is 0.500. The highest BCUT2D eigenvalue weighted by Crippen LogP contribution is 2.66. The van der Waals surface area contributed by atoms with Gasteiger partial charge in [0.25, 0.3) is 17.7 Å². The highest BCUT2D eigenvalue weighted by atomic mass is 19.3. The highest BCUT2D eigenvalue weighted by Gasteiger charge is 2.76. The summed E-state index contributed by atoms with van der Waals surface area (Å²) in [5.41, 5.74) is -2.31. The number of likely N-dealkylation sites (tertiary alicyclic amines) is 1. The summed E-state index contributed by atoms with van der Waals surface area (Å²) in [6, 6.07) is 4.51. The van der Waals surface area contributed by atoms with E-state index in [1.807, 2.05) is 0 Å². The smallest absolute Gasteiger partial charge is 0.411 e. The van der Waals surface area contributed by atoms with E-state index in [-0.39, 0.29) is 24.1 Å². The molecule has 1 saturated heterocycles. The van der Waals surface area contributed by atoms with E-state index in [2.05, 4.69) is 0 Å². The van der Waals surface area contributed by atoms with Crippen molar-refractivity contribution in [2.45, 2.75) is 51.2 Å². The Morgan fingerprint density at radius 3 is 2.10 bits per heavy atom. The lowest BCUT2D eigenvalue weighted by Crippen LogP contribution is -2.46. The number of halogens is 2. The van der Waals surface area contributed by atoms with Crippen LogP contribution in [0, 0.1) is 5.41 Å². The first kappa shape index (κ1) is 20.2. The van der Waals surface area contributed by atoms with Gasteiger partial charge in [-0.15, -0.1) is 0 Å². The van der Waals surface area contributed by atoms with Gasteiger partial charge >= 0.3 is 12.1 Å². The summed E-state index contributed by atoms with van der Waals surface area (Å²) in [5, 5.41) is 0.302. The van der Waals surface area contributed by atoms with E-state index in [0.29, 0.717) is 5.06 Å². The largest absolute Gasteiger partial charge is 0.444 e. The van der Waals surface area contributed by atoms with Crippen molar-refractivity contribution in [3.05, 3.63) is 35.4 Å². The molecule has 0 aromatic heterocycles. The van der Waals surface area contributed by atoms with Crippen LogP contribution in [-0.4, -0.2) is 58.0 Å². The minimum absolute atomic E-state index is 0.0657. The SMILES string of the molecule is CC(C)(C)OC(=O)N1CC2(CC1C(=O)ON1C(=O)c3ccccc3C1=O)CC2(F)F. The van der Waals surface area contributed by atoms with Crippen LogP contribution in [0.3, 0.4) is 0 Å². The zero-order chi connectivity index (χ0) is 22.1. The lowest BCUT2D eigenvalue weighted by atomic mass is 10.0. The Morgan fingerprint density at radius 2 is 1.63 bits per heavy atom. The number of carbonyl (C=O) groups excluding carboxylic acids is 4. The van der Waals surface area contributed by atoms with Crippen LogP contribution in [0.5, 0.6) is 0 Å². The second-order valence-corrected chi connectivity index (χ2v) is 8.85. The van der Waals surface area contributed by atoms with Crippen LogP contribution in [0.1, 0.15) is 54.3 Å². The zero-order valence-electron chi connectivity index (χ0n) is 16.6. The number of hydroxylamine groups is 2. The molecule has 8 nitrogen and oxygen atoms in total. The van der Waals surface area contributed by atoms with E-state index >= 15 is 0 Å². The third-order valence-electron chi connectivity index (χ3n) is 5.48. The van der Waals surface area contributed by atoms with Gasteiger partial charge in [0.15, 0.2) is 0 Å². The van der Waals surface area contributed by atoms with Crippen molar-refractivity contribution in [1.82, 2.24) is 9.96 Å². The van der Waals surface area contributed by atoms with E-state index in [4.69, 9.17) is 9.57 Å². The molecule has 0 radical (unpaired) electrons. The maximum Gasteiger partial charge on any atom is 0.411 e. The number of hydrogen-bond donors (Lipinski definition) is 0. The Labute approximate surface area is 170 Å². The molecule has 0 N–H and O–H groups in total. The molecule has 1 aliphatic carbocycles. The predicted octanol–water partition coefficient (Wildman–Crippen LogP) is 2.78. The van der Waals surface area contributed by atoms with Gasteiger partial charge in [0.2, 0.25) is 0 Å². The molecule has 160 valence electrons. The van der Waals surface area contributed by atoms with Gasteiger partial charge < -0.3 is 9.57 Å². The van der Waals surface area contributed by atoms with Gasteiger partial charge in [0.05, 0.1) is 16.5 Å². The number of rotatable bonds is 2. The van der Waals surface area contributed by atoms with Crippen molar-refractivity contribution < 1.29 is 37.5 Å². The lowest BCUT2D eigenvalue weighted by Gasteiger charge is -2.28. The summed E-state index contributed by atoms with van der Waals surface area (Å²) >= 11 is 0. The average molecular weight is 422 g/mol. The highest BCUT2D eigenvalue weighted by molar-refractivity contribution is 6.20. The molecule has 3 amide bonds. The van der Waals surface area contributed by atoms with Crippen molar-refractivity contribution in [3.8, 4) is 0 Å². The molecule has 1 spiro atoms. The summed E-state index contributed by atoms with van der Waals surface area (Å²) in [4.78, 5) is 56.0. The van der Waals surface area contributed by atoms with Crippen LogP contribution in [0.25, 0.3) is 0 Å². The molecule has 10 heteroatoms. The van der Waals surface area contributed by atoms with Gasteiger partial charge in [0, 0.05) is 13.0 Å². The normalized spacial score (nSPS) is 26.8. The van der Waals surface area contributed by atoms with E-state index in [0.717, 1.165) is 4.90 Å². The molecule has 1 aromatic rings. The fourth-order valence-electron chi connectivity index (χ4n) is 3.88. The number of ether oxygens (including phenoxy) is 1. The topological polar surface area (TPSA) is 93.2 Å². The maximum absolute atomic E-state index is 14.0. The van der Waals surface area contributed by atoms with E-state index in [1.54, 1.807) is 32.9 Å². The van der Waals surface area contributed by atoms with Crippen molar-refractivity contribution >= 4 is 23.9 Å². The number of imide groups is 1. The van der Waals surface area contributed by atoms with Crippen molar-refractivity contribution in [3.63, 3.8) is 0 Å². The molecule has 30 heavy (non-hydrogen) atoms. The first-order valence-corrected chi connectivity index (χ1v) is 9.42. The number of alkyl halides is 2. The molecular formula is C20H20F2N2O6. The Bertz CT molecular complexity index is 937. The second-order valence-electron chi connectivity index (χ2n) is 8.85. The van der Waals surface area contributed by atoms with Gasteiger partial charge in [-0.1, -0.05) is 17.2 Å². The fourth-order valence-corrected chi connectivity index (χ4v) is 3.88. The van der Waals surface area contributed by atoms with Crippen LogP contribution in [-0.2, 0) is 14.4 Å². The van der Waals surface area contributed by atoms with Gasteiger partial charge in [-0.05, 0) is 39.3 Å². The molecular weight excluding hydrogens is 402 g/mol. The third-order valence-corrected chi connectivity index (χ3v) is 5.48. The minimum atomic E-state index is -3.02. The third kappa shape index (κ3) is 3.10. The maximum atomic E-state index is 14.0. The molecule has 2 unspecified atom stereocenters. The summed E-state index contributed by atoms with van der Waals surface area (Å²) in [6.07, 6.45) is -1.75. The standard InChI is InChI=1S/C20H20F2N2O6/c1-18(2,3)29-17(28)23-10-19(9-20(19,21)22)8-13(23)16(27)30-24-14(25)11-6-4-5-7-12(11)15(24)26/h4-7,13H,8-10H2,1-3H3. The van der Waals surface area contributed by atoms with Crippen LogP contribution in [0.2, 0.25) is 0 Å². The number of amides is 3. The zero-order valence-corrected chi connectivity index (χ0v) is 16.6. The predicted molar refractivity (Wildman–Crippen MR) is 96.4 cm³/mol. The number of carbonyl (C=O) groups is 4. The van der Waals surface area contributed by atoms with E-state index in [1.165, 1.54) is 12.1 Å². The van der Waals surface area contributed by atoms with E-state index < -0.39 is 53.3 Å². The van der Waals surface area contributed by atoms with Gasteiger partial charge in [-0.25, -0.2) is 18.4 Å². The lowest BCUT2D eigenvalue weighted by molar-refractivity contribution is -0.173. The average Bonchev–Trinajstić information content (AvgIpc) is 2.90. The molecule has 3 aliphatic rings. The van der Waals surface area contributed by atoms with Crippen molar-refractivity contribution in [1.29, 1.82) is 0 Å². The van der Waals surface area contributed by atoms with Gasteiger partial charge in [-0.2, -0.15) is 0 Å². The van der Waals surface area contributed by atoms with Gasteiger partial charge in [0.1, 0.15) is 11.6 Å². The summed E-state index contributed by atoms with van der Waals surface area (Å²) in [7, 11) is 0. The van der Waals surface area contributed by atoms with Crippen LogP contribution in [0.15, 0.2) is 24.3 Å². The van der Waals surface area contributed by atoms with E-state index in [9.17, 15) is 28.0 Å². The monoisotopic (exact) mass is 422 g/mol. The first-order chi connectivity index (χ1) is 13.9. The molecule has 1 saturated carbocycles. The molecule has 2 heterocycles. The van der Waals surface area contributed by atoms with Crippen LogP contribution in [0.4, 0.5) is 13.6 Å². The molecule has 2 aliphatic heterocycles. The number of fused-ring (bicyclic) bond motifs is 1. The molecule has 1 aromatic carbocycles. The molecule has 2 atom stereocenters. The van der Waals surface area contributed by atoms with Crippen molar-refractivity contribution in [2.75, 3.05) is 6.54 Å². The van der Waals surface area contributed by atoms with Gasteiger partial charge in [-0.3, -0.25) is 14.5 Å². The molecule has 4 rings (SSSR count). The quantitative estimate of drug-likeness (QED) is 0.681. The van der Waals surface area contributed by atoms with Crippen LogP contribution >= 0.6 is 0 Å². The summed E-state index contributed by atoms with van der Waals surface area (Å²) in [6.45, 7) is 4.44. The Hall–Kier alpha value is -3.04. The number of benzene rings is 1. The molecule has 0 bridgehead atoms. The van der Waals surface area contributed by atoms with Crippen LogP contribution < -0.4 is 0 Å². The Kier molecular flexibility index (Phi) is 4.20. The number of nitrogens with zero attached hydrogens (tertiary/aromatic N) is 2. The Morgan fingerprint density at radius 1 is 1.10 bits per heavy atom. The van der Waals surface area contributed by atoms with Crippen molar-refractivity contribution in [2.24, 2.45) is 5.41 Å². The second kappa shape index (κ2) is 6.23.